The first-order valence-corrected chi connectivity index (χ1v) is 9.71. The lowest BCUT2D eigenvalue weighted by atomic mass is 9.99. The lowest BCUT2D eigenvalue weighted by Crippen LogP contribution is -2.60. The van der Waals surface area contributed by atoms with Crippen LogP contribution in [0.1, 0.15) is 11.1 Å². The molecule has 2 aromatic rings. The number of hydrogen-bond donors (Lipinski definition) is 6. The van der Waals surface area contributed by atoms with Gasteiger partial charge in [0.25, 0.3) is 0 Å². The number of hydrogen-bond acceptors (Lipinski definition) is 10. The second-order valence-corrected chi connectivity index (χ2v) is 7.14. The molecule has 0 aromatic heterocycles. The summed E-state index contributed by atoms with van der Waals surface area (Å²) < 4.78 is 15.8. The number of ether oxygens (including phenoxy) is 3. The van der Waals surface area contributed by atoms with Crippen LogP contribution in [0.3, 0.4) is 0 Å². The molecule has 1 aliphatic heterocycles. The Kier molecular flexibility index (Phi) is 7.67. The molecular weight excluding hydrogens is 424 g/mol. The number of phenols is 2. The molecule has 0 amide bonds. The second kappa shape index (κ2) is 10.4. The van der Waals surface area contributed by atoms with Gasteiger partial charge in [-0.05, 0) is 35.9 Å². The van der Waals surface area contributed by atoms with Crippen LogP contribution < -0.4 is 4.74 Å². The first-order chi connectivity index (χ1) is 15.3. The standard InChI is InChI=1S/C22H24O10/c23-10-17-19(27)20(28)21(29)22(32-17)31-15-7-4-13(16(25)9-15)11-30-18(26)8-3-12-1-5-14(24)6-2-12/h1-9,17,19-25,27-29H,10-11H2/b8-3+. The largest absolute Gasteiger partial charge is 0.508 e. The van der Waals surface area contributed by atoms with Gasteiger partial charge >= 0.3 is 5.97 Å². The Morgan fingerprint density at radius 3 is 2.38 bits per heavy atom. The van der Waals surface area contributed by atoms with E-state index in [0.29, 0.717) is 5.56 Å². The minimum atomic E-state index is -1.59. The highest BCUT2D eigenvalue weighted by molar-refractivity contribution is 5.87. The molecule has 2 aromatic carbocycles. The maximum Gasteiger partial charge on any atom is 0.331 e. The lowest BCUT2D eigenvalue weighted by molar-refractivity contribution is -0.277. The molecule has 1 saturated heterocycles. The molecule has 10 nitrogen and oxygen atoms in total. The fourth-order valence-corrected chi connectivity index (χ4v) is 2.98. The van der Waals surface area contributed by atoms with Gasteiger partial charge in [-0.3, -0.25) is 0 Å². The summed E-state index contributed by atoms with van der Waals surface area (Å²) in [5, 5.41) is 58.3. The first-order valence-electron chi connectivity index (χ1n) is 9.71. The Morgan fingerprint density at radius 1 is 1.00 bits per heavy atom. The Bertz CT molecular complexity index is 940. The van der Waals surface area contributed by atoms with E-state index in [0.717, 1.165) is 0 Å². The molecule has 5 unspecified atom stereocenters. The topological polar surface area (TPSA) is 166 Å². The zero-order valence-corrected chi connectivity index (χ0v) is 16.8. The predicted octanol–water partition coefficient (Wildman–Crippen LogP) is 0.0331. The highest BCUT2D eigenvalue weighted by Gasteiger charge is 2.44. The number of carbonyl (C=O) groups is 1. The fourth-order valence-electron chi connectivity index (χ4n) is 2.98. The van der Waals surface area contributed by atoms with Crippen molar-refractivity contribution in [3.05, 3.63) is 59.7 Å². The van der Waals surface area contributed by atoms with Crippen molar-refractivity contribution in [2.75, 3.05) is 6.61 Å². The molecule has 0 bridgehead atoms. The Hall–Kier alpha value is -3.15. The van der Waals surface area contributed by atoms with Crippen LogP contribution in [0, 0.1) is 0 Å². The first kappa shape index (κ1) is 23.5. The monoisotopic (exact) mass is 448 g/mol. The summed E-state index contributed by atoms with van der Waals surface area (Å²) in [5.41, 5.74) is 0.981. The number of phenolic OH excluding ortho intramolecular Hbond substituents is 2. The van der Waals surface area contributed by atoms with Crippen molar-refractivity contribution in [2.24, 2.45) is 0 Å². The van der Waals surface area contributed by atoms with Crippen LogP contribution in [0.4, 0.5) is 0 Å². The van der Waals surface area contributed by atoms with Crippen molar-refractivity contribution in [1.82, 2.24) is 0 Å². The molecule has 32 heavy (non-hydrogen) atoms. The minimum absolute atomic E-state index is 0.0779. The van der Waals surface area contributed by atoms with Gasteiger partial charge in [-0.2, -0.15) is 0 Å². The average molecular weight is 448 g/mol. The van der Waals surface area contributed by atoms with Crippen LogP contribution in [-0.4, -0.2) is 73.9 Å². The smallest absolute Gasteiger partial charge is 0.331 e. The third-order valence-corrected chi connectivity index (χ3v) is 4.83. The number of esters is 1. The minimum Gasteiger partial charge on any atom is -0.508 e. The van der Waals surface area contributed by atoms with Crippen LogP contribution in [0.2, 0.25) is 0 Å². The Morgan fingerprint density at radius 2 is 1.72 bits per heavy atom. The molecule has 0 saturated carbocycles. The summed E-state index contributed by atoms with van der Waals surface area (Å²) in [7, 11) is 0. The van der Waals surface area contributed by atoms with E-state index in [1.807, 2.05) is 0 Å². The molecule has 1 aliphatic rings. The molecule has 0 radical (unpaired) electrons. The normalized spacial score (nSPS) is 25.6. The third-order valence-electron chi connectivity index (χ3n) is 4.83. The molecule has 5 atom stereocenters. The van der Waals surface area contributed by atoms with Gasteiger partial charge < -0.3 is 44.8 Å². The predicted molar refractivity (Wildman–Crippen MR) is 109 cm³/mol. The van der Waals surface area contributed by atoms with Crippen LogP contribution in [0.25, 0.3) is 6.08 Å². The van der Waals surface area contributed by atoms with Crippen molar-refractivity contribution in [1.29, 1.82) is 0 Å². The number of aromatic hydroxyl groups is 2. The summed E-state index contributed by atoms with van der Waals surface area (Å²) in [6.45, 7) is -0.813. The van der Waals surface area contributed by atoms with Gasteiger partial charge in [0.05, 0.1) is 6.61 Å². The number of carbonyl (C=O) groups excluding carboxylic acids is 1. The molecular formula is C22H24O10. The van der Waals surface area contributed by atoms with Crippen molar-refractivity contribution in [3.63, 3.8) is 0 Å². The second-order valence-electron chi connectivity index (χ2n) is 7.14. The van der Waals surface area contributed by atoms with Crippen molar-refractivity contribution in [3.8, 4) is 17.2 Å². The average Bonchev–Trinajstić information content (AvgIpc) is 2.78. The van der Waals surface area contributed by atoms with E-state index in [9.17, 15) is 35.4 Å². The van der Waals surface area contributed by atoms with Crippen LogP contribution in [0.5, 0.6) is 17.2 Å². The zero-order chi connectivity index (χ0) is 23.3. The van der Waals surface area contributed by atoms with Crippen LogP contribution in [-0.2, 0) is 20.9 Å². The summed E-state index contributed by atoms with van der Waals surface area (Å²) >= 11 is 0. The van der Waals surface area contributed by atoms with E-state index in [-0.39, 0.29) is 29.4 Å². The number of aliphatic hydroxyl groups excluding tert-OH is 4. The van der Waals surface area contributed by atoms with Gasteiger partial charge in [-0.1, -0.05) is 12.1 Å². The van der Waals surface area contributed by atoms with Crippen molar-refractivity contribution < 1.29 is 49.6 Å². The van der Waals surface area contributed by atoms with Gasteiger partial charge in [0.15, 0.2) is 0 Å². The van der Waals surface area contributed by atoms with Gasteiger partial charge in [-0.25, -0.2) is 4.79 Å². The van der Waals surface area contributed by atoms with E-state index in [2.05, 4.69) is 0 Å². The third kappa shape index (κ3) is 5.75. The van der Waals surface area contributed by atoms with Crippen LogP contribution >= 0.6 is 0 Å². The summed E-state index contributed by atoms with van der Waals surface area (Å²) in [5.74, 6) is -0.699. The number of rotatable bonds is 7. The number of benzene rings is 2. The Balaban J connectivity index is 1.56. The van der Waals surface area contributed by atoms with E-state index in [1.54, 1.807) is 12.1 Å². The Labute approximate surface area is 183 Å². The summed E-state index contributed by atoms with van der Waals surface area (Å²) in [6, 6.07) is 10.3. The SMILES string of the molecule is O=C(/C=C/c1ccc(O)cc1)OCc1ccc(OC2OC(CO)C(O)C(O)C2O)cc1O. The van der Waals surface area contributed by atoms with Gasteiger partial charge in [-0.15, -0.1) is 0 Å². The molecule has 6 N–H and O–H groups in total. The maximum atomic E-state index is 11.9. The van der Waals surface area contributed by atoms with E-state index in [1.165, 1.54) is 42.5 Å². The van der Waals surface area contributed by atoms with Crippen LogP contribution in [0.15, 0.2) is 48.5 Å². The molecule has 3 rings (SSSR count). The summed E-state index contributed by atoms with van der Waals surface area (Å²) in [4.78, 5) is 11.9. The van der Waals surface area contributed by atoms with E-state index >= 15 is 0 Å². The van der Waals surface area contributed by atoms with E-state index in [4.69, 9.17) is 14.2 Å². The number of aliphatic hydroxyl groups is 4. The lowest BCUT2D eigenvalue weighted by Gasteiger charge is -2.39. The van der Waals surface area contributed by atoms with Gasteiger partial charge in [0, 0.05) is 17.7 Å². The molecule has 1 fully saturated rings. The molecule has 10 heteroatoms. The molecule has 0 spiro atoms. The quantitative estimate of drug-likeness (QED) is 0.251. The highest BCUT2D eigenvalue weighted by atomic mass is 16.7. The van der Waals surface area contributed by atoms with Crippen molar-refractivity contribution >= 4 is 12.0 Å². The molecule has 1 heterocycles. The molecule has 0 aliphatic carbocycles. The molecule has 172 valence electrons. The van der Waals surface area contributed by atoms with Gasteiger partial charge in [0.2, 0.25) is 6.29 Å². The van der Waals surface area contributed by atoms with Crippen molar-refractivity contribution in [2.45, 2.75) is 37.3 Å². The van der Waals surface area contributed by atoms with Gasteiger partial charge in [0.1, 0.15) is 48.3 Å². The zero-order valence-electron chi connectivity index (χ0n) is 16.8. The fraction of sp³-hybridized carbons (Fsp3) is 0.318. The maximum absolute atomic E-state index is 11.9. The van der Waals surface area contributed by atoms with E-state index < -0.39 is 43.3 Å². The highest BCUT2D eigenvalue weighted by Crippen LogP contribution is 2.28. The summed E-state index contributed by atoms with van der Waals surface area (Å²) in [6.07, 6.45) is -4.48.